The first-order chi connectivity index (χ1) is 10.5. The molecule has 122 valence electrons. The van der Waals surface area contributed by atoms with Crippen LogP contribution in [0.2, 0.25) is 10.0 Å². The second-order valence-electron chi connectivity index (χ2n) is 4.99. The highest BCUT2D eigenvalue weighted by Crippen LogP contribution is 2.34. The fraction of sp³-hybridized carbons (Fsp3) is 0.214. The molecule has 9 heteroatoms. The van der Waals surface area contributed by atoms with Gasteiger partial charge in [-0.15, -0.1) is 0 Å². The molecule has 1 aliphatic heterocycles. The maximum absolute atomic E-state index is 13.7. The standard InChI is InChI=1S/C14H9Cl2FO6/c1-14(2)22-12(20)7(13(21)23-14)3-5-9(15)6(11(18)19)4-8(17)10(5)16/h3-4H,1-2H3,(H,18,19). The molecule has 0 amide bonds. The van der Waals surface area contributed by atoms with Crippen LogP contribution >= 0.6 is 23.2 Å². The van der Waals surface area contributed by atoms with E-state index in [0.717, 1.165) is 6.08 Å². The van der Waals surface area contributed by atoms with Crippen LogP contribution in [-0.4, -0.2) is 28.8 Å². The third-order valence-electron chi connectivity index (χ3n) is 2.83. The lowest BCUT2D eigenvalue weighted by Crippen LogP contribution is -2.41. The Morgan fingerprint density at radius 2 is 1.74 bits per heavy atom. The van der Waals surface area contributed by atoms with E-state index in [4.69, 9.17) is 37.8 Å². The Morgan fingerprint density at radius 1 is 1.22 bits per heavy atom. The van der Waals surface area contributed by atoms with Gasteiger partial charge in [-0.2, -0.15) is 0 Å². The molecular formula is C14H9Cl2FO6. The summed E-state index contributed by atoms with van der Waals surface area (Å²) in [6, 6.07) is 0.635. The molecular weight excluding hydrogens is 354 g/mol. The van der Waals surface area contributed by atoms with Crippen LogP contribution in [0.25, 0.3) is 6.08 Å². The van der Waals surface area contributed by atoms with E-state index in [2.05, 4.69) is 0 Å². The zero-order valence-electron chi connectivity index (χ0n) is 11.8. The van der Waals surface area contributed by atoms with Gasteiger partial charge in [0.05, 0.1) is 15.6 Å². The molecule has 1 N–H and O–H groups in total. The van der Waals surface area contributed by atoms with Crippen molar-refractivity contribution in [3.05, 3.63) is 38.6 Å². The van der Waals surface area contributed by atoms with Gasteiger partial charge < -0.3 is 14.6 Å². The number of halogens is 3. The van der Waals surface area contributed by atoms with Gasteiger partial charge in [0, 0.05) is 19.4 Å². The van der Waals surface area contributed by atoms with Gasteiger partial charge in [0.2, 0.25) is 0 Å². The highest BCUT2D eigenvalue weighted by Gasteiger charge is 2.39. The van der Waals surface area contributed by atoms with Crippen LogP contribution in [0.1, 0.15) is 29.8 Å². The summed E-state index contributed by atoms with van der Waals surface area (Å²) in [6.07, 6.45) is 0.833. The van der Waals surface area contributed by atoms with Crippen LogP contribution in [-0.2, 0) is 19.1 Å². The number of carbonyl (C=O) groups is 3. The topological polar surface area (TPSA) is 89.9 Å². The maximum Gasteiger partial charge on any atom is 0.348 e. The SMILES string of the molecule is CC1(C)OC(=O)C(=Cc2c(Cl)c(F)cc(C(=O)O)c2Cl)C(=O)O1. The summed E-state index contributed by atoms with van der Waals surface area (Å²) in [6.45, 7) is 2.70. The Balaban J connectivity index is 2.61. The van der Waals surface area contributed by atoms with E-state index < -0.39 is 50.7 Å². The summed E-state index contributed by atoms with van der Waals surface area (Å²) in [5.74, 6) is -6.08. The van der Waals surface area contributed by atoms with Gasteiger partial charge in [-0.05, 0) is 12.1 Å². The lowest BCUT2D eigenvalue weighted by Gasteiger charge is -2.29. The molecule has 0 radical (unpaired) electrons. The molecule has 1 aromatic rings. The van der Waals surface area contributed by atoms with Crippen molar-refractivity contribution in [2.24, 2.45) is 0 Å². The van der Waals surface area contributed by atoms with Gasteiger partial charge in [0.25, 0.3) is 5.79 Å². The summed E-state index contributed by atoms with van der Waals surface area (Å²) in [7, 11) is 0. The number of rotatable bonds is 2. The Labute approximate surface area is 139 Å². The number of hydrogen-bond acceptors (Lipinski definition) is 5. The number of cyclic esters (lactones) is 2. The van der Waals surface area contributed by atoms with Crippen molar-refractivity contribution in [2.75, 3.05) is 0 Å². The van der Waals surface area contributed by atoms with Crippen molar-refractivity contribution in [3.8, 4) is 0 Å². The zero-order valence-corrected chi connectivity index (χ0v) is 13.3. The summed E-state index contributed by atoms with van der Waals surface area (Å²) < 4.78 is 23.5. The molecule has 1 heterocycles. The Kier molecular flexibility index (Phi) is 4.37. The van der Waals surface area contributed by atoms with Gasteiger partial charge in [-0.1, -0.05) is 23.2 Å². The van der Waals surface area contributed by atoms with Crippen LogP contribution in [0.3, 0.4) is 0 Å². The number of hydrogen-bond donors (Lipinski definition) is 1. The third-order valence-corrected chi connectivity index (χ3v) is 3.62. The monoisotopic (exact) mass is 362 g/mol. The molecule has 0 bridgehead atoms. The van der Waals surface area contributed by atoms with Crippen LogP contribution < -0.4 is 0 Å². The van der Waals surface area contributed by atoms with Crippen LogP contribution in [0.5, 0.6) is 0 Å². The normalized spacial score (nSPS) is 16.7. The quantitative estimate of drug-likeness (QED) is 0.376. The van der Waals surface area contributed by atoms with Crippen molar-refractivity contribution in [1.29, 1.82) is 0 Å². The minimum atomic E-state index is -1.50. The van der Waals surface area contributed by atoms with Crippen LogP contribution in [0.4, 0.5) is 4.39 Å². The average molecular weight is 363 g/mol. The van der Waals surface area contributed by atoms with E-state index in [1.54, 1.807) is 0 Å². The van der Waals surface area contributed by atoms with Crippen LogP contribution in [0, 0.1) is 5.82 Å². The molecule has 6 nitrogen and oxygen atoms in total. The molecule has 0 atom stereocenters. The zero-order chi connectivity index (χ0) is 17.5. The first kappa shape index (κ1) is 17.2. The van der Waals surface area contributed by atoms with Gasteiger partial charge in [0.1, 0.15) is 11.4 Å². The number of benzene rings is 1. The number of carboxylic acids is 1. The number of ether oxygens (including phenoxy) is 2. The van der Waals surface area contributed by atoms with E-state index in [1.807, 2.05) is 0 Å². The number of carbonyl (C=O) groups excluding carboxylic acids is 2. The van der Waals surface area contributed by atoms with E-state index in [9.17, 15) is 18.8 Å². The van der Waals surface area contributed by atoms with E-state index in [0.29, 0.717) is 6.07 Å². The highest BCUT2D eigenvalue weighted by atomic mass is 35.5. The minimum absolute atomic E-state index is 0.339. The first-order valence-electron chi connectivity index (χ1n) is 6.12. The van der Waals surface area contributed by atoms with Gasteiger partial charge in [-0.3, -0.25) is 0 Å². The molecule has 1 fully saturated rings. The van der Waals surface area contributed by atoms with E-state index in [1.165, 1.54) is 13.8 Å². The van der Waals surface area contributed by atoms with Gasteiger partial charge in [-0.25, -0.2) is 18.8 Å². The smallest absolute Gasteiger partial charge is 0.348 e. The number of esters is 2. The van der Waals surface area contributed by atoms with Crippen molar-refractivity contribution in [1.82, 2.24) is 0 Å². The number of carboxylic acid groups (broad SMARTS) is 1. The summed E-state index contributed by atoms with van der Waals surface area (Å²) in [5.41, 5.74) is -1.50. The average Bonchev–Trinajstić information content (AvgIpc) is 2.39. The summed E-state index contributed by atoms with van der Waals surface area (Å²) >= 11 is 11.6. The third kappa shape index (κ3) is 3.30. The second kappa shape index (κ2) is 5.82. The first-order valence-corrected chi connectivity index (χ1v) is 6.88. The van der Waals surface area contributed by atoms with Gasteiger partial charge >= 0.3 is 17.9 Å². The predicted octanol–water partition coefficient (Wildman–Crippen LogP) is 3.05. The van der Waals surface area contributed by atoms with Crippen molar-refractivity contribution >= 4 is 47.2 Å². The molecule has 1 aromatic carbocycles. The number of aromatic carboxylic acids is 1. The molecule has 0 unspecified atom stereocenters. The molecule has 2 rings (SSSR count). The summed E-state index contributed by atoms with van der Waals surface area (Å²) in [4.78, 5) is 34.8. The Bertz CT molecular complexity index is 747. The lowest BCUT2D eigenvalue weighted by atomic mass is 10.1. The second-order valence-corrected chi connectivity index (χ2v) is 5.75. The van der Waals surface area contributed by atoms with Crippen molar-refractivity contribution in [2.45, 2.75) is 19.6 Å². The molecule has 0 aliphatic carbocycles. The molecule has 0 aromatic heterocycles. The Morgan fingerprint density at radius 3 is 2.22 bits per heavy atom. The molecule has 0 spiro atoms. The molecule has 23 heavy (non-hydrogen) atoms. The largest absolute Gasteiger partial charge is 0.478 e. The Hall–Kier alpha value is -2.12. The maximum atomic E-state index is 13.7. The predicted molar refractivity (Wildman–Crippen MR) is 77.6 cm³/mol. The van der Waals surface area contributed by atoms with Crippen molar-refractivity contribution < 1.29 is 33.4 Å². The molecule has 1 aliphatic rings. The van der Waals surface area contributed by atoms with Crippen LogP contribution in [0.15, 0.2) is 11.6 Å². The van der Waals surface area contributed by atoms with Crippen molar-refractivity contribution in [3.63, 3.8) is 0 Å². The van der Waals surface area contributed by atoms with E-state index in [-0.39, 0.29) is 5.56 Å². The fourth-order valence-electron chi connectivity index (χ4n) is 1.83. The van der Waals surface area contributed by atoms with Gasteiger partial charge in [0.15, 0.2) is 0 Å². The van der Waals surface area contributed by atoms with E-state index >= 15 is 0 Å². The minimum Gasteiger partial charge on any atom is -0.478 e. The molecule has 1 saturated heterocycles. The molecule has 0 saturated carbocycles. The fourth-order valence-corrected chi connectivity index (χ4v) is 2.37. The summed E-state index contributed by atoms with van der Waals surface area (Å²) in [5, 5.41) is 8.01. The lowest BCUT2D eigenvalue weighted by molar-refractivity contribution is -0.222. The highest BCUT2D eigenvalue weighted by molar-refractivity contribution is 6.39.